The highest BCUT2D eigenvalue weighted by atomic mass is 79.9. The molecule has 1 fully saturated rings. The van der Waals surface area contributed by atoms with E-state index in [4.69, 9.17) is 0 Å². The third-order valence-electron chi connectivity index (χ3n) is 3.15. The van der Waals surface area contributed by atoms with E-state index in [0.29, 0.717) is 13.1 Å². The fourth-order valence-electron chi connectivity index (χ4n) is 2.12. The van der Waals surface area contributed by atoms with Crippen LogP contribution in [0.15, 0.2) is 28.7 Å². The first-order valence-electron chi connectivity index (χ1n) is 5.54. The lowest BCUT2D eigenvalue weighted by molar-refractivity contribution is -0.179. The Labute approximate surface area is 107 Å². The highest BCUT2D eigenvalue weighted by Crippen LogP contribution is 2.35. The second-order valence-electron chi connectivity index (χ2n) is 4.28. The third-order valence-corrected chi connectivity index (χ3v) is 3.68. The molecule has 0 bridgehead atoms. The van der Waals surface area contributed by atoms with Gasteiger partial charge in [-0.05, 0) is 37.1 Å². The van der Waals surface area contributed by atoms with Gasteiger partial charge in [-0.1, -0.05) is 15.9 Å². The molecule has 0 saturated carbocycles. The minimum atomic E-state index is -4.04. The monoisotopic (exact) mass is 307 g/mol. The number of nitrogens with zero attached hydrogens (tertiary/aromatic N) is 1. The minimum absolute atomic E-state index is 0.194. The molecule has 0 radical (unpaired) electrons. The van der Waals surface area contributed by atoms with Gasteiger partial charge < -0.3 is 4.90 Å². The number of piperidine rings is 1. The maximum Gasteiger partial charge on any atom is 0.391 e. The molecule has 0 atom stereocenters. The van der Waals surface area contributed by atoms with E-state index < -0.39 is 12.1 Å². The summed E-state index contributed by atoms with van der Waals surface area (Å²) in [5, 5.41) is 0. The van der Waals surface area contributed by atoms with E-state index in [9.17, 15) is 13.2 Å². The van der Waals surface area contributed by atoms with Crippen molar-refractivity contribution in [1.29, 1.82) is 0 Å². The standard InChI is InChI=1S/C12H13BrF3N/c13-10-1-3-11(4-2-10)17-7-5-9(6-8-17)12(14,15)16/h1-4,9H,5-8H2. The Kier molecular flexibility index (Phi) is 3.66. The van der Waals surface area contributed by atoms with Crippen LogP contribution in [0.1, 0.15) is 12.8 Å². The summed E-state index contributed by atoms with van der Waals surface area (Å²) >= 11 is 3.34. The van der Waals surface area contributed by atoms with Crippen molar-refractivity contribution in [2.75, 3.05) is 18.0 Å². The SMILES string of the molecule is FC(F)(F)C1CCN(c2ccc(Br)cc2)CC1. The topological polar surface area (TPSA) is 3.24 Å². The van der Waals surface area contributed by atoms with E-state index in [1.807, 2.05) is 29.2 Å². The predicted octanol–water partition coefficient (Wildman–Crippen LogP) is 4.23. The molecule has 17 heavy (non-hydrogen) atoms. The summed E-state index contributed by atoms with van der Waals surface area (Å²) in [5.41, 5.74) is 0.994. The highest BCUT2D eigenvalue weighted by molar-refractivity contribution is 9.10. The van der Waals surface area contributed by atoms with Gasteiger partial charge in [0.2, 0.25) is 0 Å². The molecule has 1 aromatic carbocycles. The predicted molar refractivity (Wildman–Crippen MR) is 65.1 cm³/mol. The molecule has 0 aromatic heterocycles. The fraction of sp³-hybridized carbons (Fsp3) is 0.500. The van der Waals surface area contributed by atoms with Crippen LogP contribution in [0.25, 0.3) is 0 Å². The smallest absolute Gasteiger partial charge is 0.372 e. The zero-order valence-electron chi connectivity index (χ0n) is 9.17. The largest absolute Gasteiger partial charge is 0.391 e. The van der Waals surface area contributed by atoms with Crippen LogP contribution in [0, 0.1) is 5.92 Å². The number of hydrogen-bond donors (Lipinski definition) is 0. The second-order valence-corrected chi connectivity index (χ2v) is 5.20. The van der Waals surface area contributed by atoms with Gasteiger partial charge in [0.15, 0.2) is 0 Å². The van der Waals surface area contributed by atoms with Gasteiger partial charge >= 0.3 is 6.18 Å². The maximum absolute atomic E-state index is 12.5. The molecule has 0 amide bonds. The van der Waals surface area contributed by atoms with Crippen molar-refractivity contribution in [2.24, 2.45) is 5.92 Å². The number of benzene rings is 1. The molecule has 0 spiro atoms. The summed E-state index contributed by atoms with van der Waals surface area (Å²) < 4.78 is 38.5. The van der Waals surface area contributed by atoms with Gasteiger partial charge in [-0.25, -0.2) is 0 Å². The van der Waals surface area contributed by atoms with Crippen molar-refractivity contribution >= 4 is 21.6 Å². The first-order valence-corrected chi connectivity index (χ1v) is 6.33. The van der Waals surface area contributed by atoms with Gasteiger partial charge in [-0.15, -0.1) is 0 Å². The van der Waals surface area contributed by atoms with Gasteiger partial charge in [0.25, 0.3) is 0 Å². The van der Waals surface area contributed by atoms with Crippen LogP contribution >= 0.6 is 15.9 Å². The van der Waals surface area contributed by atoms with Crippen LogP contribution in [-0.4, -0.2) is 19.3 Å². The lowest BCUT2D eigenvalue weighted by Crippen LogP contribution is -2.38. The molecule has 0 aliphatic carbocycles. The summed E-state index contributed by atoms with van der Waals surface area (Å²) in [6.45, 7) is 0.956. The summed E-state index contributed by atoms with van der Waals surface area (Å²) in [6, 6.07) is 7.67. The van der Waals surface area contributed by atoms with Crippen molar-refractivity contribution in [1.82, 2.24) is 0 Å². The Bertz CT molecular complexity index is 366. The molecular formula is C12H13BrF3N. The molecule has 0 unspecified atom stereocenters. The highest BCUT2D eigenvalue weighted by Gasteiger charge is 2.41. The molecule has 94 valence electrons. The van der Waals surface area contributed by atoms with Crippen molar-refractivity contribution in [3.63, 3.8) is 0 Å². The Morgan fingerprint density at radius 3 is 2.06 bits per heavy atom. The Hall–Kier alpha value is -0.710. The average Bonchev–Trinajstić information content (AvgIpc) is 2.29. The number of anilines is 1. The van der Waals surface area contributed by atoms with Crippen LogP contribution in [0.4, 0.5) is 18.9 Å². The normalized spacial score (nSPS) is 18.5. The van der Waals surface area contributed by atoms with Gasteiger partial charge in [-0.2, -0.15) is 13.2 Å². The van der Waals surface area contributed by atoms with Crippen LogP contribution in [-0.2, 0) is 0 Å². The van der Waals surface area contributed by atoms with E-state index >= 15 is 0 Å². The van der Waals surface area contributed by atoms with E-state index in [2.05, 4.69) is 15.9 Å². The molecule has 0 N–H and O–H groups in total. The lowest BCUT2D eigenvalue weighted by Gasteiger charge is -2.34. The quantitative estimate of drug-likeness (QED) is 0.750. The maximum atomic E-state index is 12.5. The molecule has 5 heteroatoms. The number of alkyl halides is 3. The number of hydrogen-bond acceptors (Lipinski definition) is 1. The molecule has 1 nitrogen and oxygen atoms in total. The van der Waals surface area contributed by atoms with Crippen molar-refractivity contribution in [3.8, 4) is 0 Å². The molecular weight excluding hydrogens is 295 g/mol. The second kappa shape index (κ2) is 4.88. The van der Waals surface area contributed by atoms with Crippen LogP contribution in [0.3, 0.4) is 0 Å². The molecule has 1 aliphatic heterocycles. The minimum Gasteiger partial charge on any atom is -0.372 e. The van der Waals surface area contributed by atoms with Gasteiger partial charge in [0.1, 0.15) is 0 Å². The molecule has 1 heterocycles. The van der Waals surface area contributed by atoms with Gasteiger partial charge in [0, 0.05) is 23.2 Å². The van der Waals surface area contributed by atoms with Crippen molar-refractivity contribution in [2.45, 2.75) is 19.0 Å². The Morgan fingerprint density at radius 2 is 1.59 bits per heavy atom. The summed E-state index contributed by atoms with van der Waals surface area (Å²) in [4.78, 5) is 2.01. The van der Waals surface area contributed by atoms with Crippen molar-refractivity contribution in [3.05, 3.63) is 28.7 Å². The van der Waals surface area contributed by atoms with Crippen LogP contribution < -0.4 is 4.90 Å². The number of halogens is 4. The van der Waals surface area contributed by atoms with E-state index in [1.54, 1.807) is 0 Å². The summed E-state index contributed by atoms with van der Waals surface area (Å²) in [5.74, 6) is -1.13. The number of rotatable bonds is 1. The molecule has 1 saturated heterocycles. The van der Waals surface area contributed by atoms with E-state index in [-0.39, 0.29) is 12.8 Å². The zero-order chi connectivity index (χ0) is 12.5. The average molecular weight is 308 g/mol. The molecule has 1 aliphatic rings. The summed E-state index contributed by atoms with van der Waals surface area (Å²) in [6.07, 6.45) is -3.65. The third kappa shape index (κ3) is 3.15. The van der Waals surface area contributed by atoms with E-state index in [1.165, 1.54) is 0 Å². The zero-order valence-corrected chi connectivity index (χ0v) is 10.8. The van der Waals surface area contributed by atoms with Crippen LogP contribution in [0.2, 0.25) is 0 Å². The molecule has 2 rings (SSSR count). The Morgan fingerprint density at radius 1 is 1.06 bits per heavy atom. The van der Waals surface area contributed by atoms with Crippen molar-refractivity contribution < 1.29 is 13.2 Å². The van der Waals surface area contributed by atoms with Gasteiger partial charge in [0.05, 0.1) is 5.92 Å². The first-order chi connectivity index (χ1) is 7.97. The van der Waals surface area contributed by atoms with Crippen LogP contribution in [0.5, 0.6) is 0 Å². The van der Waals surface area contributed by atoms with Gasteiger partial charge in [-0.3, -0.25) is 0 Å². The first kappa shape index (κ1) is 12.7. The lowest BCUT2D eigenvalue weighted by atomic mass is 9.96. The fourth-order valence-corrected chi connectivity index (χ4v) is 2.38. The van der Waals surface area contributed by atoms with E-state index in [0.717, 1.165) is 10.2 Å². The summed E-state index contributed by atoms with van der Waals surface area (Å²) in [7, 11) is 0. The molecule has 1 aromatic rings. The Balaban J connectivity index is 1.97.